The van der Waals surface area contributed by atoms with E-state index in [-0.39, 0.29) is 5.97 Å². The molecule has 3 aromatic rings. The summed E-state index contributed by atoms with van der Waals surface area (Å²) >= 11 is 5.17. The SMILES string of the molecule is CCOC(=O)c1nn(-c2ccsc2)c2c1CCc1cc(OC)c(Br)cc1-2. The lowest BCUT2D eigenvalue weighted by Crippen LogP contribution is -2.11. The Labute approximate surface area is 163 Å². The number of esters is 1. The van der Waals surface area contributed by atoms with Crippen molar-refractivity contribution in [1.29, 1.82) is 0 Å². The molecule has 2 aromatic heterocycles. The van der Waals surface area contributed by atoms with E-state index >= 15 is 0 Å². The molecule has 0 N–H and O–H groups in total. The average molecular weight is 433 g/mol. The van der Waals surface area contributed by atoms with Gasteiger partial charge in [0.15, 0.2) is 5.69 Å². The third kappa shape index (κ3) is 2.75. The number of nitrogens with zero attached hydrogens (tertiary/aromatic N) is 2. The van der Waals surface area contributed by atoms with E-state index in [0.29, 0.717) is 12.3 Å². The largest absolute Gasteiger partial charge is 0.496 e. The van der Waals surface area contributed by atoms with Crippen LogP contribution in [0, 0.1) is 0 Å². The average Bonchev–Trinajstić information content (AvgIpc) is 3.28. The van der Waals surface area contributed by atoms with Crippen LogP contribution in [0.4, 0.5) is 0 Å². The van der Waals surface area contributed by atoms with Gasteiger partial charge >= 0.3 is 5.97 Å². The molecule has 1 aliphatic carbocycles. The van der Waals surface area contributed by atoms with Crippen LogP contribution >= 0.6 is 27.3 Å². The Balaban J connectivity index is 1.96. The lowest BCUT2D eigenvalue weighted by atomic mass is 9.88. The Morgan fingerprint density at radius 2 is 2.23 bits per heavy atom. The first-order chi connectivity index (χ1) is 12.6. The fraction of sp³-hybridized carbons (Fsp3) is 0.263. The second-order valence-electron chi connectivity index (χ2n) is 5.93. The Hall–Kier alpha value is -2.12. The number of aromatic nitrogens is 2. The zero-order valence-electron chi connectivity index (χ0n) is 14.4. The van der Waals surface area contributed by atoms with E-state index in [0.717, 1.165) is 45.6 Å². The summed E-state index contributed by atoms with van der Waals surface area (Å²) < 4.78 is 13.4. The Bertz CT molecular complexity index is 979. The topological polar surface area (TPSA) is 53.3 Å². The van der Waals surface area contributed by atoms with E-state index in [2.05, 4.69) is 27.1 Å². The van der Waals surface area contributed by atoms with Gasteiger partial charge in [-0.2, -0.15) is 16.4 Å². The lowest BCUT2D eigenvalue weighted by Gasteiger charge is -2.20. The van der Waals surface area contributed by atoms with E-state index < -0.39 is 0 Å². The quantitative estimate of drug-likeness (QED) is 0.563. The van der Waals surface area contributed by atoms with Crippen LogP contribution in [-0.4, -0.2) is 29.5 Å². The summed E-state index contributed by atoms with van der Waals surface area (Å²) in [5.74, 6) is 0.438. The molecule has 134 valence electrons. The summed E-state index contributed by atoms with van der Waals surface area (Å²) in [6.07, 6.45) is 1.57. The molecule has 7 heteroatoms. The summed E-state index contributed by atoms with van der Waals surface area (Å²) in [6.45, 7) is 2.14. The Kier molecular flexibility index (Phi) is 4.58. The van der Waals surface area contributed by atoms with Gasteiger partial charge in [0.05, 0.1) is 29.6 Å². The predicted molar refractivity (Wildman–Crippen MR) is 104 cm³/mol. The number of benzene rings is 1. The molecular weight excluding hydrogens is 416 g/mol. The molecule has 0 unspecified atom stereocenters. The van der Waals surface area contributed by atoms with Gasteiger partial charge in [0, 0.05) is 16.5 Å². The number of carbonyl (C=O) groups excluding carboxylic acids is 1. The van der Waals surface area contributed by atoms with Crippen LogP contribution in [0.1, 0.15) is 28.5 Å². The van der Waals surface area contributed by atoms with Crippen molar-refractivity contribution < 1.29 is 14.3 Å². The van der Waals surface area contributed by atoms with Gasteiger partial charge in [0.1, 0.15) is 5.75 Å². The number of halogens is 1. The van der Waals surface area contributed by atoms with E-state index in [1.54, 1.807) is 25.4 Å². The highest BCUT2D eigenvalue weighted by molar-refractivity contribution is 9.10. The van der Waals surface area contributed by atoms with E-state index in [1.807, 2.05) is 27.6 Å². The van der Waals surface area contributed by atoms with Gasteiger partial charge in [-0.3, -0.25) is 0 Å². The van der Waals surface area contributed by atoms with Gasteiger partial charge in [0.2, 0.25) is 0 Å². The third-order valence-corrected chi connectivity index (χ3v) is 5.77. The molecule has 0 bridgehead atoms. The number of thiophene rings is 1. The third-order valence-electron chi connectivity index (χ3n) is 4.48. The zero-order chi connectivity index (χ0) is 18.3. The van der Waals surface area contributed by atoms with Crippen molar-refractivity contribution in [2.45, 2.75) is 19.8 Å². The highest BCUT2D eigenvalue weighted by atomic mass is 79.9. The maximum atomic E-state index is 12.5. The standard InChI is InChI=1S/C19H17BrN2O3S/c1-3-25-19(23)17-13-5-4-11-8-16(24-2)15(20)9-14(11)18(13)22(21-17)12-6-7-26-10-12/h6-10H,3-5H2,1-2H3. The minimum absolute atomic E-state index is 0.332. The highest BCUT2D eigenvalue weighted by Crippen LogP contribution is 2.41. The fourth-order valence-corrected chi connectivity index (χ4v) is 4.45. The second kappa shape index (κ2) is 6.89. The van der Waals surface area contributed by atoms with Crippen molar-refractivity contribution in [2.24, 2.45) is 0 Å². The molecule has 0 spiro atoms. The fourth-order valence-electron chi connectivity index (χ4n) is 3.33. The number of methoxy groups -OCH3 is 1. The number of rotatable bonds is 4. The molecular formula is C19H17BrN2O3S. The summed E-state index contributed by atoms with van der Waals surface area (Å²) in [6, 6.07) is 6.10. The molecule has 0 amide bonds. The molecule has 2 heterocycles. The van der Waals surface area contributed by atoms with E-state index in [4.69, 9.17) is 9.47 Å². The van der Waals surface area contributed by atoms with Crippen LogP contribution in [0.2, 0.25) is 0 Å². The summed E-state index contributed by atoms with van der Waals surface area (Å²) in [7, 11) is 1.66. The molecule has 0 radical (unpaired) electrons. The zero-order valence-corrected chi connectivity index (χ0v) is 16.8. The van der Waals surface area contributed by atoms with Gasteiger partial charge in [-0.05, 0) is 64.8 Å². The molecule has 0 aliphatic heterocycles. The second-order valence-corrected chi connectivity index (χ2v) is 7.57. The minimum Gasteiger partial charge on any atom is -0.496 e. The number of hydrogen-bond acceptors (Lipinski definition) is 5. The molecule has 0 saturated heterocycles. The first-order valence-electron chi connectivity index (χ1n) is 8.32. The van der Waals surface area contributed by atoms with Gasteiger partial charge in [-0.1, -0.05) is 0 Å². The summed E-state index contributed by atoms with van der Waals surface area (Å²) in [4.78, 5) is 12.5. The lowest BCUT2D eigenvalue weighted by molar-refractivity contribution is 0.0517. The molecule has 4 rings (SSSR count). The van der Waals surface area contributed by atoms with Crippen LogP contribution in [0.3, 0.4) is 0 Å². The Morgan fingerprint density at radius 1 is 1.38 bits per heavy atom. The van der Waals surface area contributed by atoms with Crippen molar-refractivity contribution in [2.75, 3.05) is 13.7 Å². The number of ether oxygens (including phenoxy) is 2. The predicted octanol–water partition coefficient (Wildman–Crippen LogP) is 4.65. The first kappa shape index (κ1) is 17.3. The molecule has 0 fully saturated rings. The van der Waals surface area contributed by atoms with Crippen LogP contribution in [0.5, 0.6) is 5.75 Å². The van der Waals surface area contributed by atoms with Crippen LogP contribution < -0.4 is 4.74 Å². The maximum Gasteiger partial charge on any atom is 0.359 e. The molecule has 1 aromatic carbocycles. The first-order valence-corrected chi connectivity index (χ1v) is 10.1. The monoisotopic (exact) mass is 432 g/mol. The minimum atomic E-state index is -0.367. The van der Waals surface area contributed by atoms with Gasteiger partial charge in [0.25, 0.3) is 0 Å². The summed E-state index contributed by atoms with van der Waals surface area (Å²) in [5, 5.41) is 8.65. The number of carbonyl (C=O) groups is 1. The van der Waals surface area contributed by atoms with Gasteiger partial charge in [-0.25, -0.2) is 9.48 Å². The molecule has 0 saturated carbocycles. The Morgan fingerprint density at radius 3 is 2.92 bits per heavy atom. The van der Waals surface area contributed by atoms with Crippen molar-refractivity contribution in [3.8, 4) is 22.7 Å². The number of aryl methyl sites for hydroxylation is 1. The normalized spacial score (nSPS) is 12.4. The number of hydrogen-bond donors (Lipinski definition) is 0. The molecule has 26 heavy (non-hydrogen) atoms. The smallest absolute Gasteiger partial charge is 0.359 e. The van der Waals surface area contributed by atoms with Gasteiger partial charge in [-0.15, -0.1) is 0 Å². The maximum absolute atomic E-state index is 12.5. The highest BCUT2D eigenvalue weighted by Gasteiger charge is 2.30. The summed E-state index contributed by atoms with van der Waals surface area (Å²) in [5.41, 5.74) is 5.50. The van der Waals surface area contributed by atoms with E-state index in [9.17, 15) is 4.79 Å². The van der Waals surface area contributed by atoms with Crippen molar-refractivity contribution in [1.82, 2.24) is 9.78 Å². The van der Waals surface area contributed by atoms with Crippen LogP contribution in [-0.2, 0) is 17.6 Å². The van der Waals surface area contributed by atoms with Crippen molar-refractivity contribution in [3.63, 3.8) is 0 Å². The molecule has 5 nitrogen and oxygen atoms in total. The van der Waals surface area contributed by atoms with Gasteiger partial charge < -0.3 is 9.47 Å². The van der Waals surface area contributed by atoms with Crippen molar-refractivity contribution >= 4 is 33.2 Å². The molecule has 1 aliphatic rings. The number of fused-ring (bicyclic) bond motifs is 3. The van der Waals surface area contributed by atoms with E-state index in [1.165, 1.54) is 5.56 Å². The molecule has 0 atom stereocenters. The van der Waals surface area contributed by atoms with Crippen LogP contribution in [0.25, 0.3) is 16.9 Å². The van der Waals surface area contributed by atoms with Crippen LogP contribution in [0.15, 0.2) is 33.4 Å². The van der Waals surface area contributed by atoms with Crippen molar-refractivity contribution in [3.05, 3.63) is 50.3 Å².